The summed E-state index contributed by atoms with van der Waals surface area (Å²) in [5, 5.41) is 14.8. The topological polar surface area (TPSA) is 6.48 Å². The standard InChI is InChI=1S/C54H36N2/c1-3-17-41(18-4-1)55(53-35-37-15-7-9-21-45(37)49-23-11-13-25-51(49)53)43-29-31-47-39(33-43)27-28-40-34-44(30-32-48(40)47)56(42-19-5-2-6-20-42)54-36-38-16-8-10-22-46(38)50-24-12-14-26-52(50)54/h1-36H. The zero-order valence-corrected chi connectivity index (χ0v) is 30.7. The highest BCUT2D eigenvalue weighted by Crippen LogP contribution is 2.45. The third-order valence-electron chi connectivity index (χ3n) is 11.3. The molecule has 0 aliphatic heterocycles. The Morgan fingerprint density at radius 1 is 0.196 bits per heavy atom. The first-order valence-electron chi connectivity index (χ1n) is 19.3. The summed E-state index contributed by atoms with van der Waals surface area (Å²) < 4.78 is 0. The molecule has 11 rings (SSSR count). The molecular formula is C54H36N2. The van der Waals surface area contributed by atoms with E-state index >= 15 is 0 Å². The van der Waals surface area contributed by atoms with Gasteiger partial charge in [-0.15, -0.1) is 0 Å². The Morgan fingerprint density at radius 3 is 0.946 bits per heavy atom. The lowest BCUT2D eigenvalue weighted by Gasteiger charge is -2.28. The molecule has 11 aromatic carbocycles. The lowest BCUT2D eigenvalue weighted by molar-refractivity contribution is 1.31. The Hall–Kier alpha value is -7.42. The summed E-state index contributed by atoms with van der Waals surface area (Å²) in [5.41, 5.74) is 6.83. The summed E-state index contributed by atoms with van der Waals surface area (Å²) in [6, 6.07) is 79.5. The van der Waals surface area contributed by atoms with Crippen LogP contribution in [0.3, 0.4) is 0 Å². The summed E-state index contributed by atoms with van der Waals surface area (Å²) in [6.07, 6.45) is 0. The monoisotopic (exact) mass is 712 g/mol. The van der Waals surface area contributed by atoms with Crippen LogP contribution in [0.15, 0.2) is 218 Å². The number of hydrogen-bond donors (Lipinski definition) is 0. The van der Waals surface area contributed by atoms with Crippen LogP contribution < -0.4 is 9.80 Å². The van der Waals surface area contributed by atoms with E-state index in [0.29, 0.717) is 0 Å². The first-order chi connectivity index (χ1) is 27.8. The van der Waals surface area contributed by atoms with Crippen molar-refractivity contribution in [2.24, 2.45) is 0 Å². The van der Waals surface area contributed by atoms with Crippen LogP contribution in [-0.4, -0.2) is 0 Å². The van der Waals surface area contributed by atoms with Gasteiger partial charge in [-0.1, -0.05) is 158 Å². The van der Waals surface area contributed by atoms with Crippen molar-refractivity contribution in [3.8, 4) is 0 Å². The summed E-state index contributed by atoms with van der Waals surface area (Å²) >= 11 is 0. The molecule has 0 N–H and O–H groups in total. The summed E-state index contributed by atoms with van der Waals surface area (Å²) in [6.45, 7) is 0. The molecule has 0 fully saturated rings. The molecule has 0 heterocycles. The Bertz CT molecular complexity index is 3040. The first-order valence-corrected chi connectivity index (χ1v) is 19.3. The van der Waals surface area contributed by atoms with Gasteiger partial charge in [-0.2, -0.15) is 0 Å². The number of hydrogen-bond acceptors (Lipinski definition) is 2. The van der Waals surface area contributed by atoms with Gasteiger partial charge in [-0.25, -0.2) is 0 Å². The van der Waals surface area contributed by atoms with Crippen molar-refractivity contribution in [1.29, 1.82) is 0 Å². The fourth-order valence-corrected chi connectivity index (χ4v) is 8.77. The maximum atomic E-state index is 2.41. The lowest BCUT2D eigenvalue weighted by atomic mass is 9.97. The van der Waals surface area contributed by atoms with Crippen LogP contribution in [0.5, 0.6) is 0 Å². The Morgan fingerprint density at radius 2 is 0.518 bits per heavy atom. The van der Waals surface area contributed by atoms with E-state index in [1.54, 1.807) is 0 Å². The quantitative estimate of drug-likeness (QED) is 0.158. The molecule has 0 aliphatic carbocycles. The minimum Gasteiger partial charge on any atom is -0.310 e. The molecule has 0 amide bonds. The maximum absolute atomic E-state index is 2.41. The van der Waals surface area contributed by atoms with Gasteiger partial charge in [0.25, 0.3) is 0 Å². The van der Waals surface area contributed by atoms with Gasteiger partial charge >= 0.3 is 0 Å². The van der Waals surface area contributed by atoms with Crippen molar-refractivity contribution >= 4 is 98.8 Å². The van der Waals surface area contributed by atoms with E-state index in [-0.39, 0.29) is 0 Å². The van der Waals surface area contributed by atoms with Crippen molar-refractivity contribution in [3.05, 3.63) is 218 Å². The fourth-order valence-electron chi connectivity index (χ4n) is 8.77. The zero-order chi connectivity index (χ0) is 37.0. The Labute approximate surface area is 325 Å². The molecule has 11 aromatic rings. The summed E-state index contributed by atoms with van der Waals surface area (Å²) in [7, 11) is 0. The van der Waals surface area contributed by atoms with E-state index in [9.17, 15) is 0 Å². The molecule has 0 saturated heterocycles. The Balaban J connectivity index is 1.07. The molecular weight excluding hydrogens is 677 g/mol. The van der Waals surface area contributed by atoms with Gasteiger partial charge in [0.2, 0.25) is 0 Å². The van der Waals surface area contributed by atoms with Gasteiger partial charge in [0.15, 0.2) is 0 Å². The van der Waals surface area contributed by atoms with E-state index in [0.717, 1.165) is 34.1 Å². The molecule has 0 radical (unpaired) electrons. The number of benzene rings is 11. The van der Waals surface area contributed by atoms with Crippen molar-refractivity contribution in [3.63, 3.8) is 0 Å². The highest BCUT2D eigenvalue weighted by atomic mass is 15.1. The normalized spacial score (nSPS) is 11.6. The number of nitrogens with zero attached hydrogens (tertiary/aromatic N) is 2. The third-order valence-corrected chi connectivity index (χ3v) is 11.3. The summed E-state index contributed by atoms with van der Waals surface area (Å²) in [4.78, 5) is 4.82. The molecule has 0 aliphatic rings. The molecule has 0 aromatic heterocycles. The molecule has 0 atom stereocenters. The summed E-state index contributed by atoms with van der Waals surface area (Å²) in [5.74, 6) is 0. The third kappa shape index (κ3) is 5.26. The molecule has 262 valence electrons. The van der Waals surface area contributed by atoms with Crippen LogP contribution in [0.25, 0.3) is 64.6 Å². The zero-order valence-electron chi connectivity index (χ0n) is 30.7. The predicted octanol–water partition coefficient (Wildman–Crippen LogP) is 15.5. The average Bonchev–Trinajstić information content (AvgIpc) is 3.27. The number of fused-ring (bicyclic) bond motifs is 9. The highest BCUT2D eigenvalue weighted by molar-refractivity contribution is 6.17. The second kappa shape index (κ2) is 13.2. The second-order valence-electron chi connectivity index (χ2n) is 14.5. The van der Waals surface area contributed by atoms with E-state index in [2.05, 4.69) is 228 Å². The fraction of sp³-hybridized carbons (Fsp3) is 0. The molecule has 0 spiro atoms. The first kappa shape index (κ1) is 32.0. The van der Waals surface area contributed by atoms with E-state index in [4.69, 9.17) is 0 Å². The molecule has 2 heteroatoms. The van der Waals surface area contributed by atoms with Crippen LogP contribution in [0.2, 0.25) is 0 Å². The van der Waals surface area contributed by atoms with Crippen molar-refractivity contribution in [2.75, 3.05) is 9.80 Å². The van der Waals surface area contributed by atoms with Crippen molar-refractivity contribution < 1.29 is 0 Å². The second-order valence-corrected chi connectivity index (χ2v) is 14.5. The molecule has 0 bridgehead atoms. The van der Waals surface area contributed by atoms with Crippen LogP contribution in [0.4, 0.5) is 34.1 Å². The minimum absolute atomic E-state index is 1.12. The molecule has 0 saturated carbocycles. The molecule has 56 heavy (non-hydrogen) atoms. The van der Waals surface area contributed by atoms with Crippen LogP contribution in [0.1, 0.15) is 0 Å². The number of anilines is 6. The van der Waals surface area contributed by atoms with Gasteiger partial charge in [0.05, 0.1) is 11.4 Å². The smallest absolute Gasteiger partial charge is 0.0546 e. The van der Waals surface area contributed by atoms with Gasteiger partial charge in [0, 0.05) is 33.5 Å². The number of rotatable bonds is 6. The Kier molecular flexibility index (Phi) is 7.53. The van der Waals surface area contributed by atoms with Crippen LogP contribution >= 0.6 is 0 Å². The lowest BCUT2D eigenvalue weighted by Crippen LogP contribution is -2.11. The predicted molar refractivity (Wildman–Crippen MR) is 241 cm³/mol. The van der Waals surface area contributed by atoms with E-state index in [1.165, 1.54) is 64.6 Å². The average molecular weight is 713 g/mol. The number of para-hydroxylation sites is 2. The largest absolute Gasteiger partial charge is 0.310 e. The van der Waals surface area contributed by atoms with Gasteiger partial charge < -0.3 is 9.80 Å². The highest BCUT2D eigenvalue weighted by Gasteiger charge is 2.20. The van der Waals surface area contributed by atoms with Gasteiger partial charge in [-0.05, 0) is 115 Å². The van der Waals surface area contributed by atoms with Gasteiger partial charge in [-0.3, -0.25) is 0 Å². The van der Waals surface area contributed by atoms with Crippen molar-refractivity contribution in [2.45, 2.75) is 0 Å². The SMILES string of the molecule is c1ccc(N(c2ccc3c(ccc4cc(N(c5ccccc5)c5cc6ccccc6c6ccccc56)ccc43)c2)c2cc3ccccc3c3ccccc23)cc1. The molecule has 2 nitrogen and oxygen atoms in total. The van der Waals surface area contributed by atoms with Crippen LogP contribution in [-0.2, 0) is 0 Å². The van der Waals surface area contributed by atoms with Crippen molar-refractivity contribution in [1.82, 2.24) is 0 Å². The van der Waals surface area contributed by atoms with E-state index < -0.39 is 0 Å². The minimum atomic E-state index is 1.12. The van der Waals surface area contributed by atoms with Gasteiger partial charge in [0.1, 0.15) is 0 Å². The van der Waals surface area contributed by atoms with E-state index in [1.807, 2.05) is 0 Å². The maximum Gasteiger partial charge on any atom is 0.0546 e. The molecule has 0 unspecified atom stereocenters. The van der Waals surface area contributed by atoms with Crippen LogP contribution in [0, 0.1) is 0 Å².